The summed E-state index contributed by atoms with van der Waals surface area (Å²) < 4.78 is 5.31. The number of halogens is 1. The van der Waals surface area contributed by atoms with Crippen molar-refractivity contribution >= 4 is 28.4 Å². The quantitative estimate of drug-likeness (QED) is 0.748. The number of fused-ring (bicyclic) bond motifs is 1. The second-order valence-electron chi connectivity index (χ2n) is 5.21. The number of nitrogens with one attached hydrogen (secondary N) is 2. The predicted octanol–water partition coefficient (Wildman–Crippen LogP) is 3.80. The minimum atomic E-state index is -0.103. The molecule has 2 aromatic carbocycles. The molecular weight excluding hydrogens is 312 g/mol. The van der Waals surface area contributed by atoms with E-state index in [1.54, 1.807) is 19.4 Å². The van der Waals surface area contributed by atoms with Crippen LogP contribution in [0.15, 0.2) is 48.7 Å². The van der Waals surface area contributed by atoms with Gasteiger partial charge in [0, 0.05) is 28.7 Å². The molecule has 3 aromatic rings. The number of hydrogen-bond donors (Lipinski definition) is 2. The molecule has 1 aromatic heterocycles. The fraction of sp³-hybridized carbons (Fsp3) is 0.167. The fourth-order valence-electron chi connectivity index (χ4n) is 2.60. The first-order valence-electron chi connectivity index (χ1n) is 7.36. The van der Waals surface area contributed by atoms with Crippen LogP contribution in [0.4, 0.5) is 0 Å². The summed E-state index contributed by atoms with van der Waals surface area (Å²) in [5.41, 5.74) is 2.55. The number of aromatic nitrogens is 1. The van der Waals surface area contributed by atoms with Gasteiger partial charge in [0.2, 0.25) is 0 Å². The highest BCUT2D eigenvalue weighted by Crippen LogP contribution is 2.22. The lowest BCUT2D eigenvalue weighted by molar-refractivity contribution is 0.0955. The van der Waals surface area contributed by atoms with Gasteiger partial charge in [0.1, 0.15) is 5.75 Å². The number of methoxy groups -OCH3 is 1. The Labute approximate surface area is 139 Å². The van der Waals surface area contributed by atoms with E-state index in [1.165, 1.54) is 0 Å². The first kappa shape index (κ1) is 15.4. The number of rotatable bonds is 5. The third-order valence-corrected chi connectivity index (χ3v) is 4.00. The standard InChI is InChI=1S/C18H17ClN2O2/c1-23-17-5-3-2-4-12(17)8-9-20-18(22)15-11-21-16-10-13(19)6-7-14(15)16/h2-7,10-11,21H,8-9H2,1H3,(H,20,22). The molecule has 0 bridgehead atoms. The van der Waals surface area contributed by atoms with Crippen LogP contribution in [0, 0.1) is 0 Å². The van der Waals surface area contributed by atoms with Crippen molar-refractivity contribution in [1.82, 2.24) is 10.3 Å². The number of carbonyl (C=O) groups excluding carboxylic acids is 1. The Morgan fingerprint density at radius 3 is 2.91 bits per heavy atom. The van der Waals surface area contributed by atoms with Crippen molar-refractivity contribution in [2.45, 2.75) is 6.42 Å². The zero-order chi connectivity index (χ0) is 16.2. The highest BCUT2D eigenvalue weighted by molar-refractivity contribution is 6.31. The molecule has 3 rings (SSSR count). The molecule has 1 amide bonds. The first-order valence-corrected chi connectivity index (χ1v) is 7.73. The van der Waals surface area contributed by atoms with Crippen molar-refractivity contribution in [1.29, 1.82) is 0 Å². The molecule has 0 radical (unpaired) electrons. The van der Waals surface area contributed by atoms with Crippen molar-refractivity contribution in [3.05, 3.63) is 64.8 Å². The van der Waals surface area contributed by atoms with Gasteiger partial charge in [0.25, 0.3) is 5.91 Å². The van der Waals surface area contributed by atoms with Gasteiger partial charge in [-0.15, -0.1) is 0 Å². The highest BCUT2D eigenvalue weighted by Gasteiger charge is 2.12. The summed E-state index contributed by atoms with van der Waals surface area (Å²) in [5.74, 6) is 0.733. The Hall–Kier alpha value is -2.46. The van der Waals surface area contributed by atoms with Crippen LogP contribution in [0.25, 0.3) is 10.9 Å². The van der Waals surface area contributed by atoms with Crippen LogP contribution in [-0.2, 0) is 6.42 Å². The van der Waals surface area contributed by atoms with E-state index in [-0.39, 0.29) is 5.91 Å². The molecule has 0 unspecified atom stereocenters. The number of amides is 1. The second-order valence-corrected chi connectivity index (χ2v) is 5.65. The largest absolute Gasteiger partial charge is 0.496 e. The van der Waals surface area contributed by atoms with Crippen molar-refractivity contribution in [3.8, 4) is 5.75 Å². The van der Waals surface area contributed by atoms with Crippen LogP contribution in [0.5, 0.6) is 5.75 Å². The Morgan fingerprint density at radius 1 is 1.26 bits per heavy atom. The third-order valence-electron chi connectivity index (χ3n) is 3.76. The molecule has 4 nitrogen and oxygen atoms in total. The molecule has 0 aliphatic rings. The molecule has 0 spiro atoms. The Morgan fingerprint density at radius 2 is 2.09 bits per heavy atom. The fourth-order valence-corrected chi connectivity index (χ4v) is 2.77. The van der Waals surface area contributed by atoms with E-state index in [4.69, 9.17) is 16.3 Å². The van der Waals surface area contributed by atoms with Gasteiger partial charge in [-0.2, -0.15) is 0 Å². The molecule has 1 heterocycles. The highest BCUT2D eigenvalue weighted by atomic mass is 35.5. The van der Waals surface area contributed by atoms with Crippen molar-refractivity contribution in [2.24, 2.45) is 0 Å². The van der Waals surface area contributed by atoms with Crippen molar-refractivity contribution < 1.29 is 9.53 Å². The van der Waals surface area contributed by atoms with Gasteiger partial charge < -0.3 is 15.0 Å². The zero-order valence-electron chi connectivity index (χ0n) is 12.7. The Balaban J connectivity index is 1.67. The maximum absolute atomic E-state index is 12.4. The number of aromatic amines is 1. The lowest BCUT2D eigenvalue weighted by atomic mass is 10.1. The zero-order valence-corrected chi connectivity index (χ0v) is 13.5. The maximum Gasteiger partial charge on any atom is 0.253 e. The molecule has 2 N–H and O–H groups in total. The maximum atomic E-state index is 12.4. The smallest absolute Gasteiger partial charge is 0.253 e. The Kier molecular flexibility index (Phi) is 4.53. The summed E-state index contributed by atoms with van der Waals surface area (Å²) in [6.07, 6.45) is 2.42. The SMILES string of the molecule is COc1ccccc1CCNC(=O)c1c[nH]c2cc(Cl)ccc12. The van der Waals surface area contributed by atoms with Crippen LogP contribution < -0.4 is 10.1 Å². The van der Waals surface area contributed by atoms with E-state index in [0.717, 1.165) is 22.2 Å². The minimum absolute atomic E-state index is 0.103. The monoisotopic (exact) mass is 328 g/mol. The molecule has 0 fully saturated rings. The first-order chi connectivity index (χ1) is 11.2. The molecule has 23 heavy (non-hydrogen) atoms. The summed E-state index contributed by atoms with van der Waals surface area (Å²) in [5, 5.41) is 4.45. The van der Waals surface area contributed by atoms with Crippen LogP contribution in [-0.4, -0.2) is 24.5 Å². The molecular formula is C18H17ClN2O2. The summed E-state index contributed by atoms with van der Waals surface area (Å²) >= 11 is 5.96. The average Bonchev–Trinajstić information content (AvgIpc) is 2.98. The minimum Gasteiger partial charge on any atom is -0.496 e. The summed E-state index contributed by atoms with van der Waals surface area (Å²) in [4.78, 5) is 15.4. The number of ether oxygens (including phenoxy) is 1. The number of benzene rings is 2. The van der Waals surface area contributed by atoms with E-state index in [9.17, 15) is 4.79 Å². The van der Waals surface area contributed by atoms with Gasteiger partial charge in [-0.3, -0.25) is 4.79 Å². The average molecular weight is 329 g/mol. The molecule has 0 atom stereocenters. The van der Waals surface area contributed by atoms with E-state index >= 15 is 0 Å². The lowest BCUT2D eigenvalue weighted by Gasteiger charge is -2.09. The van der Waals surface area contributed by atoms with Gasteiger partial charge in [-0.05, 0) is 30.2 Å². The second kappa shape index (κ2) is 6.75. The van der Waals surface area contributed by atoms with E-state index < -0.39 is 0 Å². The van der Waals surface area contributed by atoms with Crippen molar-refractivity contribution in [3.63, 3.8) is 0 Å². The van der Waals surface area contributed by atoms with Crippen LogP contribution >= 0.6 is 11.6 Å². The molecule has 118 valence electrons. The van der Waals surface area contributed by atoms with Crippen LogP contribution in [0.3, 0.4) is 0 Å². The number of hydrogen-bond acceptors (Lipinski definition) is 2. The van der Waals surface area contributed by atoms with Crippen LogP contribution in [0.2, 0.25) is 5.02 Å². The van der Waals surface area contributed by atoms with E-state index in [2.05, 4.69) is 10.3 Å². The van der Waals surface area contributed by atoms with Crippen molar-refractivity contribution in [2.75, 3.05) is 13.7 Å². The van der Waals surface area contributed by atoms with Gasteiger partial charge in [0.15, 0.2) is 0 Å². The van der Waals surface area contributed by atoms with Gasteiger partial charge in [-0.25, -0.2) is 0 Å². The van der Waals surface area contributed by atoms with Gasteiger partial charge in [-0.1, -0.05) is 35.9 Å². The summed E-state index contributed by atoms with van der Waals surface area (Å²) in [7, 11) is 1.65. The predicted molar refractivity (Wildman–Crippen MR) is 92.3 cm³/mol. The summed E-state index contributed by atoms with van der Waals surface area (Å²) in [6.45, 7) is 0.541. The van der Waals surface area contributed by atoms with E-state index in [1.807, 2.05) is 36.4 Å². The van der Waals surface area contributed by atoms with Gasteiger partial charge in [0.05, 0.1) is 12.7 Å². The molecule has 0 aliphatic carbocycles. The third kappa shape index (κ3) is 3.32. The van der Waals surface area contributed by atoms with Crippen LogP contribution in [0.1, 0.15) is 15.9 Å². The van der Waals surface area contributed by atoms with Gasteiger partial charge >= 0.3 is 0 Å². The number of para-hydroxylation sites is 1. The van der Waals surface area contributed by atoms with E-state index in [0.29, 0.717) is 23.6 Å². The lowest BCUT2D eigenvalue weighted by Crippen LogP contribution is -2.25. The normalized spacial score (nSPS) is 10.7. The summed E-state index contributed by atoms with van der Waals surface area (Å²) in [6, 6.07) is 13.2. The molecule has 0 saturated heterocycles. The Bertz CT molecular complexity index is 842. The topological polar surface area (TPSA) is 54.1 Å². The number of H-pyrrole nitrogens is 1. The molecule has 5 heteroatoms. The molecule has 0 saturated carbocycles. The molecule has 0 aliphatic heterocycles. The number of carbonyl (C=O) groups is 1.